The van der Waals surface area contributed by atoms with Gasteiger partial charge in [-0.25, -0.2) is 4.39 Å². The van der Waals surface area contributed by atoms with Crippen LogP contribution in [0.15, 0.2) is 18.2 Å². The van der Waals surface area contributed by atoms with E-state index in [1.807, 2.05) is 6.92 Å². The van der Waals surface area contributed by atoms with E-state index >= 15 is 0 Å². The number of carbonyl (C=O) groups is 1. The number of nitrogens with two attached hydrogens (primary N) is 1. The van der Waals surface area contributed by atoms with Crippen LogP contribution in [0.1, 0.15) is 38.3 Å². The number of hydrogen-bond donors (Lipinski definition) is 2. The van der Waals surface area contributed by atoms with Crippen molar-refractivity contribution in [3.05, 3.63) is 29.6 Å². The van der Waals surface area contributed by atoms with Gasteiger partial charge >= 0.3 is 0 Å². The number of benzene rings is 1. The Morgan fingerprint density at radius 3 is 2.79 bits per heavy atom. The van der Waals surface area contributed by atoms with Crippen LogP contribution >= 0.6 is 0 Å². The Hall–Kier alpha value is -1.62. The van der Waals surface area contributed by atoms with Crippen molar-refractivity contribution in [2.24, 2.45) is 5.73 Å². The molecule has 1 unspecified atom stereocenters. The van der Waals surface area contributed by atoms with Gasteiger partial charge in [-0.1, -0.05) is 13.3 Å². The average Bonchev–Trinajstić information content (AvgIpc) is 2.38. The van der Waals surface area contributed by atoms with Crippen LogP contribution in [-0.2, 0) is 4.79 Å². The van der Waals surface area contributed by atoms with Crippen LogP contribution in [0.3, 0.4) is 0 Å². The zero-order valence-corrected chi connectivity index (χ0v) is 11.6. The van der Waals surface area contributed by atoms with Gasteiger partial charge < -0.3 is 15.8 Å². The van der Waals surface area contributed by atoms with Crippen LogP contribution in [0.4, 0.5) is 4.39 Å². The van der Waals surface area contributed by atoms with Crippen LogP contribution in [0.5, 0.6) is 5.75 Å². The highest BCUT2D eigenvalue weighted by molar-refractivity contribution is 5.81. The number of carbonyl (C=O) groups excluding carboxylic acids is 1. The lowest BCUT2D eigenvalue weighted by Crippen LogP contribution is -2.41. The summed E-state index contributed by atoms with van der Waals surface area (Å²) in [7, 11) is 1.51. The van der Waals surface area contributed by atoms with E-state index < -0.39 is 6.04 Å². The first-order chi connectivity index (χ1) is 8.99. The lowest BCUT2D eigenvalue weighted by atomic mass is 10.1. The van der Waals surface area contributed by atoms with Gasteiger partial charge in [0.15, 0.2) is 0 Å². The Labute approximate surface area is 113 Å². The third-order valence-corrected chi connectivity index (χ3v) is 2.95. The van der Waals surface area contributed by atoms with Crippen molar-refractivity contribution < 1.29 is 13.9 Å². The van der Waals surface area contributed by atoms with E-state index in [9.17, 15) is 9.18 Å². The number of amides is 1. The van der Waals surface area contributed by atoms with Crippen molar-refractivity contribution in [2.45, 2.75) is 38.8 Å². The summed E-state index contributed by atoms with van der Waals surface area (Å²) in [5.74, 6) is -0.0614. The molecule has 0 aromatic heterocycles. The van der Waals surface area contributed by atoms with Crippen molar-refractivity contribution in [1.29, 1.82) is 0 Å². The van der Waals surface area contributed by atoms with Crippen molar-refractivity contribution in [1.82, 2.24) is 5.32 Å². The minimum Gasteiger partial charge on any atom is -0.496 e. The van der Waals surface area contributed by atoms with E-state index in [4.69, 9.17) is 10.5 Å². The third-order valence-electron chi connectivity index (χ3n) is 2.95. The van der Waals surface area contributed by atoms with Gasteiger partial charge in [0.05, 0.1) is 19.2 Å². The maximum Gasteiger partial charge on any atom is 0.237 e. The van der Waals surface area contributed by atoms with E-state index in [1.54, 1.807) is 13.0 Å². The second kappa shape index (κ2) is 7.09. The van der Waals surface area contributed by atoms with Gasteiger partial charge in [-0.2, -0.15) is 0 Å². The van der Waals surface area contributed by atoms with Crippen LogP contribution in [0.2, 0.25) is 0 Å². The smallest absolute Gasteiger partial charge is 0.237 e. The Kier molecular flexibility index (Phi) is 5.76. The average molecular weight is 268 g/mol. The largest absolute Gasteiger partial charge is 0.496 e. The number of nitrogens with one attached hydrogen (secondary N) is 1. The Bertz CT molecular complexity index is 437. The first-order valence-corrected chi connectivity index (χ1v) is 6.39. The van der Waals surface area contributed by atoms with Crippen molar-refractivity contribution in [3.8, 4) is 5.75 Å². The molecule has 0 fully saturated rings. The number of hydrogen-bond acceptors (Lipinski definition) is 3. The molecule has 0 bridgehead atoms. The van der Waals surface area contributed by atoms with Gasteiger partial charge in [0, 0.05) is 5.56 Å². The molecule has 1 rings (SSSR count). The molecule has 0 radical (unpaired) electrons. The minimum atomic E-state index is -0.535. The number of ether oxygens (including phenoxy) is 1. The summed E-state index contributed by atoms with van der Waals surface area (Å²) in [4.78, 5) is 11.8. The molecule has 1 aromatic carbocycles. The number of halogens is 1. The molecule has 106 valence electrons. The summed E-state index contributed by atoms with van der Waals surface area (Å²) in [6.45, 7) is 3.74. The van der Waals surface area contributed by atoms with Gasteiger partial charge in [0.1, 0.15) is 11.6 Å². The molecule has 5 heteroatoms. The standard InChI is InChI=1S/C14H21FN2O2/c1-4-5-12(16)14(18)17-9(2)11-8-10(15)6-7-13(11)19-3/h6-9,12H,4-5,16H2,1-3H3,(H,17,18)/t9?,12-/m1/s1. The van der Waals surface area contributed by atoms with Crippen LogP contribution in [0.25, 0.3) is 0 Å². The highest BCUT2D eigenvalue weighted by Gasteiger charge is 2.18. The molecule has 19 heavy (non-hydrogen) atoms. The molecular formula is C14H21FN2O2. The summed E-state index contributed by atoms with van der Waals surface area (Å²) in [6.07, 6.45) is 1.46. The van der Waals surface area contributed by atoms with Crippen molar-refractivity contribution in [3.63, 3.8) is 0 Å². The van der Waals surface area contributed by atoms with Crippen LogP contribution in [-0.4, -0.2) is 19.1 Å². The molecule has 1 amide bonds. The highest BCUT2D eigenvalue weighted by Crippen LogP contribution is 2.25. The van der Waals surface area contributed by atoms with Crippen molar-refractivity contribution >= 4 is 5.91 Å². The van der Waals surface area contributed by atoms with Crippen LogP contribution < -0.4 is 15.8 Å². The van der Waals surface area contributed by atoms with Gasteiger partial charge in [-0.3, -0.25) is 4.79 Å². The first kappa shape index (κ1) is 15.4. The summed E-state index contributed by atoms with van der Waals surface area (Å²) < 4.78 is 18.4. The lowest BCUT2D eigenvalue weighted by molar-refractivity contribution is -0.123. The highest BCUT2D eigenvalue weighted by atomic mass is 19.1. The molecule has 0 saturated heterocycles. The van der Waals surface area contributed by atoms with E-state index in [-0.39, 0.29) is 17.8 Å². The van der Waals surface area contributed by atoms with E-state index in [0.717, 1.165) is 6.42 Å². The zero-order chi connectivity index (χ0) is 14.4. The predicted octanol–water partition coefficient (Wildman–Crippen LogP) is 2.14. The van der Waals surface area contributed by atoms with Crippen LogP contribution in [0, 0.1) is 5.82 Å². The lowest BCUT2D eigenvalue weighted by Gasteiger charge is -2.19. The van der Waals surface area contributed by atoms with Gasteiger partial charge in [-0.15, -0.1) is 0 Å². The normalized spacial score (nSPS) is 13.7. The molecule has 2 atom stereocenters. The molecule has 3 N–H and O–H groups in total. The summed E-state index contributed by atoms with van der Waals surface area (Å²) in [6, 6.07) is 3.32. The maximum absolute atomic E-state index is 13.3. The fourth-order valence-corrected chi connectivity index (χ4v) is 1.88. The van der Waals surface area contributed by atoms with E-state index in [0.29, 0.717) is 17.7 Å². The fraction of sp³-hybridized carbons (Fsp3) is 0.500. The quantitative estimate of drug-likeness (QED) is 0.830. The van der Waals surface area contributed by atoms with Gasteiger partial charge in [-0.05, 0) is 31.5 Å². The second-order valence-electron chi connectivity index (χ2n) is 4.51. The van der Waals surface area contributed by atoms with Crippen molar-refractivity contribution in [2.75, 3.05) is 7.11 Å². The molecule has 0 heterocycles. The number of methoxy groups -OCH3 is 1. The molecular weight excluding hydrogens is 247 g/mol. The second-order valence-corrected chi connectivity index (χ2v) is 4.51. The Morgan fingerprint density at radius 2 is 2.21 bits per heavy atom. The summed E-state index contributed by atoms with van der Waals surface area (Å²) >= 11 is 0. The van der Waals surface area contributed by atoms with E-state index in [2.05, 4.69) is 5.32 Å². The minimum absolute atomic E-state index is 0.235. The Balaban J connectivity index is 2.80. The molecule has 0 spiro atoms. The molecule has 0 aliphatic carbocycles. The summed E-state index contributed by atoms with van der Waals surface area (Å²) in [5.41, 5.74) is 6.33. The molecule has 4 nitrogen and oxygen atoms in total. The monoisotopic (exact) mass is 268 g/mol. The van der Waals surface area contributed by atoms with Gasteiger partial charge in [0.2, 0.25) is 5.91 Å². The first-order valence-electron chi connectivity index (χ1n) is 6.39. The fourth-order valence-electron chi connectivity index (χ4n) is 1.88. The third kappa shape index (κ3) is 4.21. The molecule has 1 aromatic rings. The molecule has 0 aliphatic heterocycles. The number of rotatable bonds is 6. The SMILES string of the molecule is CCC[C@@H](N)C(=O)NC(C)c1cc(F)ccc1OC. The predicted molar refractivity (Wildman–Crippen MR) is 72.4 cm³/mol. The Morgan fingerprint density at radius 1 is 1.53 bits per heavy atom. The molecule has 0 aliphatic rings. The summed E-state index contributed by atoms with van der Waals surface area (Å²) in [5, 5.41) is 2.77. The maximum atomic E-state index is 13.3. The topological polar surface area (TPSA) is 64.4 Å². The zero-order valence-electron chi connectivity index (χ0n) is 11.6. The van der Waals surface area contributed by atoms with Gasteiger partial charge in [0.25, 0.3) is 0 Å². The molecule has 0 saturated carbocycles. The van der Waals surface area contributed by atoms with E-state index in [1.165, 1.54) is 19.2 Å².